The van der Waals surface area contributed by atoms with Gasteiger partial charge in [-0.15, -0.1) is 0 Å². The van der Waals surface area contributed by atoms with Crippen molar-refractivity contribution in [3.63, 3.8) is 0 Å². The molecule has 1 amide bonds. The molecule has 3 aromatic carbocycles. The van der Waals surface area contributed by atoms with Gasteiger partial charge in [-0.1, -0.05) is 52.4 Å². The van der Waals surface area contributed by atoms with E-state index in [1.165, 1.54) is 6.07 Å². The molecule has 0 N–H and O–H groups in total. The van der Waals surface area contributed by atoms with Crippen molar-refractivity contribution < 1.29 is 35.5 Å². The minimum Gasteiger partial charge on any atom is -0.456 e. The van der Waals surface area contributed by atoms with Crippen molar-refractivity contribution in [1.29, 1.82) is 0 Å². The quantitative estimate of drug-likeness (QED) is 0.267. The summed E-state index contributed by atoms with van der Waals surface area (Å²) in [4.78, 5) is 29.5. The van der Waals surface area contributed by atoms with Crippen LogP contribution < -0.4 is 9.08 Å². The molecule has 222 valence electrons. The Hall–Kier alpha value is -4.12. The molecular formula is C31H33FN2O7S. The normalized spacial score (nSPS) is 15.2. The fourth-order valence-corrected chi connectivity index (χ4v) is 5.85. The Balaban J connectivity index is 1.28. The monoisotopic (exact) mass is 596 g/mol. The Morgan fingerprint density at radius 2 is 1.50 bits per heavy atom. The van der Waals surface area contributed by atoms with Crippen LogP contribution in [0.1, 0.15) is 53.7 Å². The molecule has 0 bridgehead atoms. The lowest BCUT2D eigenvalue weighted by Crippen LogP contribution is -2.49. The van der Waals surface area contributed by atoms with Gasteiger partial charge in [0.15, 0.2) is 0 Å². The maximum absolute atomic E-state index is 13.4. The molecular weight excluding hydrogens is 563 g/mol. The van der Waals surface area contributed by atoms with Crippen LogP contribution in [0, 0.1) is 6.92 Å². The molecule has 0 spiro atoms. The predicted molar refractivity (Wildman–Crippen MR) is 156 cm³/mol. The van der Waals surface area contributed by atoms with Crippen molar-refractivity contribution in [3.8, 4) is 16.9 Å². The van der Waals surface area contributed by atoms with Gasteiger partial charge in [0.05, 0.1) is 5.56 Å². The topological polar surface area (TPSA) is 102 Å². The minimum atomic E-state index is -5.33. The lowest BCUT2D eigenvalue weighted by molar-refractivity contribution is 0.00683. The van der Waals surface area contributed by atoms with Gasteiger partial charge in [0.25, 0.3) is 0 Å². The van der Waals surface area contributed by atoms with Gasteiger partial charge in [-0.25, -0.2) is 9.59 Å². The Bertz CT molecular complexity index is 1580. The summed E-state index contributed by atoms with van der Waals surface area (Å²) in [5.74, 6) is -1.09. The average molecular weight is 597 g/mol. The van der Waals surface area contributed by atoms with Crippen LogP contribution in [-0.4, -0.2) is 63.8 Å². The van der Waals surface area contributed by atoms with Crippen molar-refractivity contribution in [1.82, 2.24) is 4.90 Å². The molecule has 1 heterocycles. The summed E-state index contributed by atoms with van der Waals surface area (Å²) in [6.07, 6.45) is -0.428. The standard InChI is InChI=1S/C31H33FN2O7S/c1-20-26(29(35)40-31(2,3)4)17-21(41-42(32,37)38)18-28(20)33-13-15-34(16-14-33)30(36)39-19-27-24-11-7-5-9-22(24)23-10-6-8-12-25(23)27/h5-12,17-18,27H,13-16,19H2,1-4H3. The number of amides is 1. The van der Waals surface area contributed by atoms with Gasteiger partial charge in [-0.3, -0.25) is 0 Å². The second-order valence-electron chi connectivity index (χ2n) is 11.4. The number of benzene rings is 3. The third-order valence-corrected chi connectivity index (χ3v) is 7.77. The lowest BCUT2D eigenvalue weighted by Gasteiger charge is -2.36. The summed E-state index contributed by atoms with van der Waals surface area (Å²) in [5, 5.41) is 0. The molecule has 42 heavy (non-hydrogen) atoms. The van der Waals surface area contributed by atoms with Crippen molar-refractivity contribution in [2.45, 2.75) is 39.2 Å². The van der Waals surface area contributed by atoms with Crippen LogP contribution in [0.5, 0.6) is 5.75 Å². The molecule has 2 aliphatic rings. The van der Waals surface area contributed by atoms with Gasteiger partial charge < -0.3 is 23.5 Å². The first-order valence-corrected chi connectivity index (χ1v) is 15.0. The van der Waals surface area contributed by atoms with E-state index in [9.17, 15) is 21.9 Å². The third-order valence-electron chi connectivity index (χ3n) is 7.38. The summed E-state index contributed by atoms with van der Waals surface area (Å²) in [5.41, 5.74) is 4.80. The first kappa shape index (κ1) is 29.4. The van der Waals surface area contributed by atoms with Crippen molar-refractivity contribution in [3.05, 3.63) is 82.9 Å². The van der Waals surface area contributed by atoms with Crippen LogP contribution in [0.2, 0.25) is 0 Å². The Labute approximate surface area is 245 Å². The first-order valence-electron chi connectivity index (χ1n) is 13.7. The van der Waals surface area contributed by atoms with E-state index in [2.05, 4.69) is 28.4 Å². The molecule has 1 aliphatic heterocycles. The number of rotatable bonds is 6. The van der Waals surface area contributed by atoms with Crippen LogP contribution >= 0.6 is 0 Å². The minimum absolute atomic E-state index is 0.0499. The average Bonchev–Trinajstić information content (AvgIpc) is 3.24. The second kappa shape index (κ2) is 11.3. The number of piperazine rings is 1. The number of ether oxygens (including phenoxy) is 2. The highest BCUT2D eigenvalue weighted by Gasteiger charge is 2.31. The van der Waals surface area contributed by atoms with E-state index in [4.69, 9.17) is 9.47 Å². The van der Waals surface area contributed by atoms with E-state index in [1.807, 2.05) is 29.2 Å². The number of hydrogen-bond acceptors (Lipinski definition) is 8. The number of carbonyl (C=O) groups is 2. The van der Waals surface area contributed by atoms with Crippen molar-refractivity contribution in [2.75, 3.05) is 37.7 Å². The van der Waals surface area contributed by atoms with E-state index in [-0.39, 0.29) is 23.8 Å². The van der Waals surface area contributed by atoms with Gasteiger partial charge in [0.1, 0.15) is 18.0 Å². The van der Waals surface area contributed by atoms with Gasteiger partial charge in [0.2, 0.25) is 0 Å². The van der Waals surface area contributed by atoms with Crippen LogP contribution in [0.25, 0.3) is 11.1 Å². The van der Waals surface area contributed by atoms with Gasteiger partial charge in [-0.05, 0) is 61.6 Å². The molecule has 0 unspecified atom stereocenters. The molecule has 1 aliphatic carbocycles. The molecule has 1 fully saturated rings. The first-order chi connectivity index (χ1) is 19.8. The molecule has 3 aromatic rings. The van der Waals surface area contributed by atoms with Crippen LogP contribution in [-0.2, 0) is 20.0 Å². The second-order valence-corrected chi connectivity index (χ2v) is 12.3. The van der Waals surface area contributed by atoms with Gasteiger partial charge in [0, 0.05) is 43.9 Å². The van der Waals surface area contributed by atoms with E-state index in [0.29, 0.717) is 37.4 Å². The fraction of sp³-hybridized carbons (Fsp3) is 0.355. The van der Waals surface area contributed by atoms with E-state index in [1.54, 1.807) is 32.6 Å². The van der Waals surface area contributed by atoms with Crippen molar-refractivity contribution in [2.24, 2.45) is 0 Å². The highest BCUT2D eigenvalue weighted by atomic mass is 32.3. The zero-order valence-electron chi connectivity index (χ0n) is 23.9. The van der Waals surface area contributed by atoms with E-state index >= 15 is 0 Å². The molecule has 0 radical (unpaired) electrons. The smallest absolute Gasteiger partial charge is 0.456 e. The SMILES string of the molecule is Cc1c(C(=O)OC(C)(C)C)cc(OS(=O)(=O)F)cc1N1CCN(C(=O)OCC2c3ccccc3-c3ccccc32)CC1. The summed E-state index contributed by atoms with van der Waals surface area (Å²) < 4.78 is 51.6. The summed E-state index contributed by atoms with van der Waals surface area (Å²) in [7, 11) is -5.33. The van der Waals surface area contributed by atoms with Gasteiger partial charge >= 0.3 is 22.6 Å². The number of halogens is 1. The Morgan fingerprint density at radius 3 is 2.05 bits per heavy atom. The highest BCUT2D eigenvalue weighted by Crippen LogP contribution is 2.44. The third kappa shape index (κ3) is 6.35. The molecule has 0 saturated carbocycles. The van der Waals surface area contributed by atoms with Crippen LogP contribution in [0.15, 0.2) is 60.7 Å². The summed E-state index contributed by atoms with van der Waals surface area (Å²) in [6.45, 7) is 8.40. The maximum atomic E-state index is 13.4. The van der Waals surface area contributed by atoms with Crippen LogP contribution in [0.3, 0.4) is 0 Å². The van der Waals surface area contributed by atoms with Crippen molar-refractivity contribution >= 4 is 28.3 Å². The molecule has 11 heteroatoms. The number of anilines is 1. The fourth-order valence-electron chi connectivity index (χ4n) is 5.52. The van der Waals surface area contributed by atoms with E-state index in [0.717, 1.165) is 28.3 Å². The molecule has 9 nitrogen and oxygen atoms in total. The maximum Gasteiger partial charge on any atom is 0.488 e. The van der Waals surface area contributed by atoms with Crippen LogP contribution in [0.4, 0.5) is 14.4 Å². The number of hydrogen-bond donors (Lipinski definition) is 0. The number of fused-ring (bicyclic) bond motifs is 3. The zero-order chi connectivity index (χ0) is 30.2. The molecule has 0 atom stereocenters. The number of carbonyl (C=O) groups excluding carboxylic acids is 2. The predicted octanol–water partition coefficient (Wildman–Crippen LogP) is 5.61. The zero-order valence-corrected chi connectivity index (χ0v) is 24.7. The summed E-state index contributed by atoms with van der Waals surface area (Å²) >= 11 is 0. The summed E-state index contributed by atoms with van der Waals surface area (Å²) in [6, 6.07) is 18.8. The molecule has 5 rings (SSSR count). The highest BCUT2D eigenvalue weighted by molar-refractivity contribution is 7.81. The number of nitrogens with zero attached hydrogens (tertiary/aromatic N) is 2. The molecule has 0 aromatic heterocycles. The van der Waals surface area contributed by atoms with E-state index < -0.39 is 28.2 Å². The number of esters is 1. The van der Waals surface area contributed by atoms with Gasteiger partial charge in [-0.2, -0.15) is 8.42 Å². The lowest BCUT2D eigenvalue weighted by atomic mass is 9.98. The molecule has 1 saturated heterocycles. The Morgan fingerprint density at radius 1 is 0.929 bits per heavy atom. The Kier molecular flexibility index (Phi) is 7.89. The largest absolute Gasteiger partial charge is 0.488 e.